The second-order valence-electron chi connectivity index (χ2n) is 10.1. The van der Waals surface area contributed by atoms with Crippen LogP contribution in [0.5, 0.6) is 0 Å². The van der Waals surface area contributed by atoms with Crippen molar-refractivity contribution in [3.63, 3.8) is 0 Å². The van der Waals surface area contributed by atoms with E-state index in [1.54, 1.807) is 6.08 Å². The lowest BCUT2D eigenvalue weighted by Crippen LogP contribution is -2.68. The van der Waals surface area contributed by atoms with Crippen molar-refractivity contribution in [2.24, 2.45) is 0 Å². The molecule has 0 aliphatic carbocycles. The van der Waals surface area contributed by atoms with Gasteiger partial charge in [0.1, 0.15) is 23.7 Å². The van der Waals surface area contributed by atoms with Crippen molar-refractivity contribution < 1.29 is 28.5 Å². The van der Waals surface area contributed by atoms with Crippen LogP contribution in [0.4, 0.5) is 0 Å². The molecule has 2 aromatic carbocycles. The minimum Gasteiger partial charge on any atom is -0.456 e. The summed E-state index contributed by atoms with van der Waals surface area (Å²) in [7, 11) is -2.83. The Morgan fingerprint density at radius 1 is 1.08 bits per heavy atom. The Morgan fingerprint density at radius 3 is 2.11 bits per heavy atom. The fourth-order valence-corrected chi connectivity index (χ4v) is 10.5. The van der Waals surface area contributed by atoms with Gasteiger partial charge in [-0.05, 0) is 21.2 Å². The minimum atomic E-state index is -2.83. The highest BCUT2D eigenvalue weighted by Crippen LogP contribution is 2.38. The maximum Gasteiger partial charge on any atom is 0.303 e. The van der Waals surface area contributed by atoms with Crippen molar-refractivity contribution in [1.29, 1.82) is 0 Å². The van der Waals surface area contributed by atoms with Crippen molar-refractivity contribution in [2.75, 3.05) is 19.0 Å². The van der Waals surface area contributed by atoms with Gasteiger partial charge in [-0.1, -0.05) is 94.4 Å². The van der Waals surface area contributed by atoms with Crippen molar-refractivity contribution in [2.45, 2.75) is 69.5 Å². The highest BCUT2D eigenvalue weighted by molar-refractivity contribution is 7.99. The second kappa shape index (κ2) is 13.2. The van der Waals surface area contributed by atoms with Gasteiger partial charge >= 0.3 is 5.97 Å². The van der Waals surface area contributed by atoms with Crippen LogP contribution in [-0.4, -0.2) is 68.2 Å². The molecule has 1 saturated heterocycles. The minimum absolute atomic E-state index is 0.163. The third-order valence-corrected chi connectivity index (χ3v) is 12.6. The fourth-order valence-electron chi connectivity index (χ4n) is 4.98. The van der Waals surface area contributed by atoms with E-state index in [0.29, 0.717) is 0 Å². The smallest absolute Gasteiger partial charge is 0.303 e. The van der Waals surface area contributed by atoms with Crippen LogP contribution in [0.15, 0.2) is 73.3 Å². The molecular weight excluding hydrogens is 504 g/mol. The molecule has 0 unspecified atom stereocenters. The Kier molecular flexibility index (Phi) is 10.6. The molecule has 8 heteroatoms. The first kappa shape index (κ1) is 29.6. The molecule has 0 aromatic heterocycles. The average molecular weight is 545 g/mol. The lowest BCUT2D eigenvalue weighted by atomic mass is 10.00. The van der Waals surface area contributed by atoms with Crippen LogP contribution in [0.2, 0.25) is 5.04 Å². The Bertz CT molecular complexity index is 957. The molecule has 3 rings (SSSR count). The average Bonchev–Trinajstić information content (AvgIpc) is 2.87. The largest absolute Gasteiger partial charge is 0.456 e. The zero-order chi connectivity index (χ0) is 27.1. The number of carbonyl (C=O) groups excluding carboxylic acids is 1. The van der Waals surface area contributed by atoms with Crippen LogP contribution in [0, 0.1) is 0 Å². The quantitative estimate of drug-likeness (QED) is 0.261. The van der Waals surface area contributed by atoms with Crippen LogP contribution < -0.4 is 10.4 Å². The van der Waals surface area contributed by atoms with Crippen molar-refractivity contribution in [1.82, 2.24) is 0 Å². The van der Waals surface area contributed by atoms with Gasteiger partial charge in [0, 0.05) is 6.92 Å². The highest BCUT2D eigenvalue weighted by Gasteiger charge is 2.53. The van der Waals surface area contributed by atoms with Gasteiger partial charge in [0.15, 0.2) is 6.10 Å². The van der Waals surface area contributed by atoms with Crippen LogP contribution in [-0.2, 0) is 23.4 Å². The predicted octanol–water partition coefficient (Wildman–Crippen LogP) is 3.90. The number of rotatable bonds is 11. The van der Waals surface area contributed by atoms with Gasteiger partial charge in [-0.25, -0.2) is 0 Å². The molecule has 0 saturated carbocycles. The molecule has 1 N–H and O–H groups in total. The molecule has 1 fully saturated rings. The predicted molar refractivity (Wildman–Crippen MR) is 152 cm³/mol. The third-order valence-electron chi connectivity index (χ3n) is 6.54. The molecule has 5 atom stereocenters. The van der Waals surface area contributed by atoms with Crippen LogP contribution in [0.25, 0.3) is 0 Å². The first-order valence-corrected chi connectivity index (χ1v) is 15.7. The summed E-state index contributed by atoms with van der Waals surface area (Å²) in [5.74, 6) is 0.298. The maximum atomic E-state index is 11.9. The van der Waals surface area contributed by atoms with E-state index in [0.717, 1.165) is 16.1 Å². The summed E-state index contributed by atoms with van der Waals surface area (Å²) < 4.78 is 24.9. The number of carbonyl (C=O) groups is 1. The van der Waals surface area contributed by atoms with E-state index >= 15 is 0 Å². The van der Waals surface area contributed by atoms with Gasteiger partial charge in [0.05, 0.1) is 13.2 Å². The molecule has 1 aliphatic rings. The number of aliphatic hydroxyl groups is 1. The Balaban J connectivity index is 2.00. The number of esters is 1. The zero-order valence-electron chi connectivity index (χ0n) is 22.5. The van der Waals surface area contributed by atoms with Gasteiger partial charge < -0.3 is 23.7 Å². The van der Waals surface area contributed by atoms with E-state index in [1.165, 1.54) is 18.7 Å². The third kappa shape index (κ3) is 6.74. The van der Waals surface area contributed by atoms with E-state index in [9.17, 15) is 9.90 Å². The lowest BCUT2D eigenvalue weighted by Gasteiger charge is -2.47. The summed E-state index contributed by atoms with van der Waals surface area (Å²) in [6, 6.07) is 20.7. The molecule has 37 heavy (non-hydrogen) atoms. The summed E-state index contributed by atoms with van der Waals surface area (Å²) in [5, 5.41) is 13.5. The fraction of sp³-hybridized carbons (Fsp3) is 0.483. The first-order chi connectivity index (χ1) is 17.7. The van der Waals surface area contributed by atoms with Gasteiger partial charge in [-0.15, -0.1) is 18.3 Å². The van der Waals surface area contributed by atoms with Gasteiger partial charge in [-0.2, -0.15) is 0 Å². The van der Waals surface area contributed by atoms with E-state index in [2.05, 4.69) is 51.6 Å². The van der Waals surface area contributed by atoms with E-state index < -0.39 is 44.1 Å². The van der Waals surface area contributed by atoms with E-state index in [-0.39, 0.29) is 18.3 Å². The molecule has 0 bridgehead atoms. The number of aliphatic hydroxyl groups excluding tert-OH is 1. The molecule has 0 spiro atoms. The Morgan fingerprint density at radius 2 is 1.65 bits per heavy atom. The Hall–Kier alpha value is -1.94. The lowest BCUT2D eigenvalue weighted by molar-refractivity contribution is -0.226. The van der Waals surface area contributed by atoms with Crippen molar-refractivity contribution in [3.05, 3.63) is 73.3 Å². The number of hydrogen-bond donors (Lipinski definition) is 1. The second-order valence-corrected chi connectivity index (χ2v) is 15.8. The molecule has 2 aromatic rings. The van der Waals surface area contributed by atoms with Crippen LogP contribution in [0.1, 0.15) is 34.6 Å². The number of hydrogen-bond acceptors (Lipinski definition) is 7. The summed E-state index contributed by atoms with van der Waals surface area (Å²) in [5.41, 5.74) is -0.500. The van der Waals surface area contributed by atoms with Crippen molar-refractivity contribution in [3.8, 4) is 0 Å². The molecular formula is C29H40O6SSi. The van der Waals surface area contributed by atoms with E-state index in [4.69, 9.17) is 18.6 Å². The molecule has 0 amide bonds. The van der Waals surface area contributed by atoms with Crippen LogP contribution >= 0.6 is 11.8 Å². The first-order valence-electron chi connectivity index (χ1n) is 12.8. The van der Waals surface area contributed by atoms with Gasteiger partial charge in [-0.3, -0.25) is 4.79 Å². The molecule has 0 radical (unpaired) electrons. The molecule has 1 heterocycles. The molecule has 6 nitrogen and oxygen atoms in total. The monoisotopic (exact) mass is 544 g/mol. The maximum absolute atomic E-state index is 11.9. The zero-order valence-corrected chi connectivity index (χ0v) is 24.3. The van der Waals surface area contributed by atoms with E-state index in [1.807, 2.05) is 43.3 Å². The number of ether oxygens (including phenoxy) is 3. The van der Waals surface area contributed by atoms with Gasteiger partial charge in [0.25, 0.3) is 8.32 Å². The summed E-state index contributed by atoms with van der Waals surface area (Å²) in [6.07, 6.45) is -1.64. The SMILES string of the molecule is C=CCO[C@H]1[C@@H](O)[C@@H](CO[Si](c2ccccc2)(c2ccccc2)C(C)(C)C)O[C@@H](SCC)[C@@H]1OC(C)=O. The topological polar surface area (TPSA) is 74.2 Å². The summed E-state index contributed by atoms with van der Waals surface area (Å²) in [4.78, 5) is 11.9. The Labute approximate surface area is 226 Å². The summed E-state index contributed by atoms with van der Waals surface area (Å²) >= 11 is 1.52. The molecule has 202 valence electrons. The summed E-state index contributed by atoms with van der Waals surface area (Å²) in [6.45, 7) is 14.1. The van der Waals surface area contributed by atoms with Crippen molar-refractivity contribution >= 4 is 36.4 Å². The highest BCUT2D eigenvalue weighted by atomic mass is 32.2. The number of thioether (sulfide) groups is 1. The van der Waals surface area contributed by atoms with Gasteiger partial charge in [0.2, 0.25) is 0 Å². The molecule has 1 aliphatic heterocycles. The normalized spacial score (nSPS) is 24.4. The number of benzene rings is 2. The standard InChI is InChI=1S/C29H40O6SSi/c1-7-19-32-26-25(31)24(35-28(36-8-2)27(26)34-21(3)30)20-33-37(29(4,5)6,22-15-11-9-12-16-22)23-17-13-10-14-18-23/h7,9-18,24-28,31H,1,8,19-20H2,2-6H3/t24-,25+,26+,27-,28+/m1/s1. The van der Waals surface area contributed by atoms with Crippen LogP contribution in [0.3, 0.4) is 0 Å².